The highest BCUT2D eigenvalue weighted by molar-refractivity contribution is 5.87. The molecule has 0 aliphatic carbocycles. The van der Waals surface area contributed by atoms with E-state index in [9.17, 15) is 9.59 Å². The predicted molar refractivity (Wildman–Crippen MR) is 95.7 cm³/mol. The van der Waals surface area contributed by atoms with Crippen molar-refractivity contribution in [3.8, 4) is 0 Å². The fraction of sp³-hybridized carbons (Fsp3) is 0.579. The van der Waals surface area contributed by atoms with Crippen LogP contribution in [0.2, 0.25) is 0 Å². The van der Waals surface area contributed by atoms with Gasteiger partial charge in [-0.1, -0.05) is 30.3 Å². The Labute approximate surface area is 145 Å². The molecule has 2 amide bonds. The minimum Gasteiger partial charge on any atom is -0.381 e. The molecule has 24 heavy (non-hydrogen) atoms. The van der Waals surface area contributed by atoms with Crippen LogP contribution in [-0.4, -0.2) is 36.6 Å². The van der Waals surface area contributed by atoms with Gasteiger partial charge in [0.1, 0.15) is 6.04 Å². The van der Waals surface area contributed by atoms with Crippen LogP contribution >= 0.6 is 0 Å². The lowest BCUT2D eigenvalue weighted by Crippen LogP contribution is -2.50. The molecule has 2 N–H and O–H groups in total. The molecule has 1 rings (SSSR count). The number of amides is 2. The summed E-state index contributed by atoms with van der Waals surface area (Å²) >= 11 is 0. The lowest BCUT2D eigenvalue weighted by molar-refractivity contribution is -0.129. The Morgan fingerprint density at radius 3 is 2.42 bits per heavy atom. The van der Waals surface area contributed by atoms with Crippen molar-refractivity contribution in [2.75, 3.05) is 13.2 Å². The average Bonchev–Trinajstić information content (AvgIpc) is 2.50. The number of hydrogen-bond acceptors (Lipinski definition) is 3. The molecule has 0 fully saturated rings. The second-order valence-corrected chi connectivity index (χ2v) is 6.98. The van der Waals surface area contributed by atoms with Gasteiger partial charge in [0.25, 0.3) is 0 Å². The second-order valence-electron chi connectivity index (χ2n) is 6.98. The van der Waals surface area contributed by atoms with Crippen LogP contribution in [0, 0.1) is 0 Å². The molecule has 0 saturated carbocycles. The van der Waals surface area contributed by atoms with Gasteiger partial charge in [-0.05, 0) is 46.1 Å². The summed E-state index contributed by atoms with van der Waals surface area (Å²) in [7, 11) is 0. The van der Waals surface area contributed by atoms with Gasteiger partial charge >= 0.3 is 0 Å². The van der Waals surface area contributed by atoms with Gasteiger partial charge < -0.3 is 15.4 Å². The molecule has 0 aliphatic rings. The highest BCUT2D eigenvalue weighted by atomic mass is 16.5. The van der Waals surface area contributed by atoms with E-state index >= 15 is 0 Å². The molecule has 1 aromatic carbocycles. The van der Waals surface area contributed by atoms with E-state index in [1.54, 1.807) is 6.92 Å². The van der Waals surface area contributed by atoms with E-state index < -0.39 is 6.04 Å². The lowest BCUT2D eigenvalue weighted by Gasteiger charge is -2.23. The van der Waals surface area contributed by atoms with Crippen LogP contribution in [0.15, 0.2) is 30.3 Å². The first-order chi connectivity index (χ1) is 11.3. The zero-order valence-electron chi connectivity index (χ0n) is 15.2. The van der Waals surface area contributed by atoms with Gasteiger partial charge in [-0.15, -0.1) is 0 Å². The molecule has 5 nitrogen and oxygen atoms in total. The summed E-state index contributed by atoms with van der Waals surface area (Å²) in [6, 6.07) is 9.62. The number of nitrogens with one attached hydrogen (secondary N) is 2. The van der Waals surface area contributed by atoms with E-state index in [-0.39, 0.29) is 17.4 Å². The predicted octanol–water partition coefficient (Wildman–Crippen LogP) is 2.45. The summed E-state index contributed by atoms with van der Waals surface area (Å²) in [4.78, 5) is 23.7. The summed E-state index contributed by atoms with van der Waals surface area (Å²) in [6.07, 6.45) is 1.88. The molecular formula is C19H30N2O3. The molecule has 5 heteroatoms. The molecule has 1 atom stereocenters. The first kappa shape index (κ1) is 20.2. The van der Waals surface area contributed by atoms with Crippen molar-refractivity contribution in [2.45, 2.75) is 58.5 Å². The van der Waals surface area contributed by atoms with E-state index in [0.717, 1.165) is 6.42 Å². The van der Waals surface area contributed by atoms with Gasteiger partial charge in [0.15, 0.2) is 0 Å². The van der Waals surface area contributed by atoms with Crippen molar-refractivity contribution < 1.29 is 14.3 Å². The first-order valence-corrected chi connectivity index (χ1v) is 8.51. The van der Waals surface area contributed by atoms with Gasteiger partial charge in [-0.2, -0.15) is 0 Å². The Morgan fingerprint density at radius 1 is 1.12 bits per heavy atom. The average molecular weight is 334 g/mol. The van der Waals surface area contributed by atoms with Gasteiger partial charge in [-0.3, -0.25) is 9.59 Å². The number of hydrogen-bond donors (Lipinski definition) is 2. The van der Waals surface area contributed by atoms with Gasteiger partial charge in [0, 0.05) is 18.6 Å². The molecule has 0 heterocycles. The van der Waals surface area contributed by atoms with E-state index in [1.807, 2.05) is 39.0 Å². The Bertz CT molecular complexity index is 509. The smallest absolute Gasteiger partial charge is 0.242 e. The third-order valence-corrected chi connectivity index (χ3v) is 3.34. The summed E-state index contributed by atoms with van der Waals surface area (Å²) in [5.74, 6) is -0.298. The fourth-order valence-electron chi connectivity index (χ4n) is 2.13. The summed E-state index contributed by atoms with van der Waals surface area (Å²) in [5.41, 5.74) is 0.941. The Hall–Kier alpha value is -1.88. The van der Waals surface area contributed by atoms with E-state index in [2.05, 4.69) is 22.8 Å². The van der Waals surface area contributed by atoms with Crippen molar-refractivity contribution in [2.24, 2.45) is 0 Å². The van der Waals surface area contributed by atoms with Crippen molar-refractivity contribution >= 4 is 11.8 Å². The van der Waals surface area contributed by atoms with E-state index in [1.165, 1.54) is 5.56 Å². The van der Waals surface area contributed by atoms with E-state index in [4.69, 9.17) is 4.74 Å². The normalized spacial score (nSPS) is 12.5. The maximum Gasteiger partial charge on any atom is 0.242 e. The van der Waals surface area contributed by atoms with Crippen molar-refractivity contribution in [1.82, 2.24) is 10.6 Å². The highest BCUT2D eigenvalue weighted by Crippen LogP contribution is 2.01. The largest absolute Gasteiger partial charge is 0.381 e. The van der Waals surface area contributed by atoms with Crippen LogP contribution in [0.1, 0.15) is 46.1 Å². The minimum atomic E-state index is -0.532. The number of rotatable bonds is 9. The van der Waals surface area contributed by atoms with Crippen LogP contribution in [-0.2, 0) is 20.7 Å². The fourth-order valence-corrected chi connectivity index (χ4v) is 2.13. The number of carbonyl (C=O) groups is 2. The van der Waals surface area contributed by atoms with Crippen molar-refractivity contribution in [3.63, 3.8) is 0 Å². The molecule has 0 aliphatic heterocycles. The van der Waals surface area contributed by atoms with E-state index in [0.29, 0.717) is 26.1 Å². The number of carbonyl (C=O) groups excluding carboxylic acids is 2. The molecule has 1 aromatic rings. The van der Waals surface area contributed by atoms with Crippen LogP contribution < -0.4 is 10.6 Å². The van der Waals surface area contributed by atoms with Crippen LogP contribution in [0.5, 0.6) is 0 Å². The minimum absolute atomic E-state index is 0.127. The maximum atomic E-state index is 11.9. The van der Waals surface area contributed by atoms with Crippen LogP contribution in [0.3, 0.4) is 0 Å². The molecule has 0 bridgehead atoms. The third kappa shape index (κ3) is 9.30. The van der Waals surface area contributed by atoms with Crippen molar-refractivity contribution in [3.05, 3.63) is 35.9 Å². The highest BCUT2D eigenvalue weighted by Gasteiger charge is 2.20. The zero-order chi connectivity index (χ0) is 18.0. The summed E-state index contributed by atoms with van der Waals surface area (Å²) < 4.78 is 5.55. The summed E-state index contributed by atoms with van der Waals surface area (Å²) in [6.45, 7) is 8.61. The third-order valence-electron chi connectivity index (χ3n) is 3.34. The molecule has 134 valence electrons. The first-order valence-electron chi connectivity index (χ1n) is 8.51. The monoisotopic (exact) mass is 334 g/mol. The Morgan fingerprint density at radius 2 is 1.79 bits per heavy atom. The summed E-state index contributed by atoms with van der Waals surface area (Å²) in [5, 5.41) is 5.56. The second kappa shape index (κ2) is 10.1. The molecule has 0 radical (unpaired) electrons. The number of benzene rings is 1. The number of ether oxygens (including phenoxy) is 1. The van der Waals surface area contributed by atoms with Crippen LogP contribution in [0.4, 0.5) is 0 Å². The standard InChI is InChI=1S/C19H30N2O3/c1-15(18(23)21-19(2,3)4)20-17(22)11-8-13-24-14-12-16-9-6-5-7-10-16/h5-7,9-10,15H,8,11-14H2,1-4H3,(H,20,22)(H,21,23)/t15-/m0/s1. The van der Waals surface area contributed by atoms with Gasteiger partial charge in [0.2, 0.25) is 11.8 Å². The SMILES string of the molecule is C[C@H](NC(=O)CCCOCCc1ccccc1)C(=O)NC(C)(C)C. The lowest BCUT2D eigenvalue weighted by atomic mass is 10.1. The Kier molecular flexibility index (Phi) is 8.47. The van der Waals surface area contributed by atoms with Gasteiger partial charge in [0.05, 0.1) is 6.61 Å². The molecule has 0 spiro atoms. The van der Waals surface area contributed by atoms with Crippen molar-refractivity contribution in [1.29, 1.82) is 0 Å². The Balaban J connectivity index is 2.10. The molecular weight excluding hydrogens is 304 g/mol. The maximum absolute atomic E-state index is 11.9. The quantitative estimate of drug-likeness (QED) is 0.682. The topological polar surface area (TPSA) is 67.4 Å². The van der Waals surface area contributed by atoms with Crippen LogP contribution in [0.25, 0.3) is 0 Å². The molecule has 0 unspecified atom stereocenters. The molecule has 0 saturated heterocycles. The zero-order valence-corrected chi connectivity index (χ0v) is 15.2. The molecule has 0 aromatic heterocycles. The van der Waals surface area contributed by atoms with Gasteiger partial charge in [-0.25, -0.2) is 0 Å².